The molecule has 0 aliphatic carbocycles. The number of non-ortho nitro benzene ring substituents is 1. The third-order valence-electron chi connectivity index (χ3n) is 9.92. The number of hydrogen-bond donors (Lipinski definition) is 0. The summed E-state index contributed by atoms with van der Waals surface area (Å²) in [5.74, 6) is 20.7. The van der Waals surface area contributed by atoms with E-state index in [0.29, 0.717) is 50.0 Å². The molecule has 0 unspecified atom stereocenters. The number of anilines is 1. The summed E-state index contributed by atoms with van der Waals surface area (Å²) in [6.45, 7) is 27.7. The van der Waals surface area contributed by atoms with Crippen molar-refractivity contribution in [1.82, 2.24) is 0 Å². The van der Waals surface area contributed by atoms with Gasteiger partial charge in [-0.3, -0.25) is 10.1 Å². The van der Waals surface area contributed by atoms with E-state index in [1.807, 2.05) is 26.2 Å². The molecular weight excluding hydrogens is 621 g/mol. The Bertz CT molecular complexity index is 1660. The summed E-state index contributed by atoms with van der Waals surface area (Å²) in [4.78, 5) is 12.9. The first kappa shape index (κ1) is 40.2. The predicted octanol–water partition coefficient (Wildman–Crippen LogP) is 10.8. The van der Waals surface area contributed by atoms with E-state index in [2.05, 4.69) is 147 Å². The van der Waals surface area contributed by atoms with Gasteiger partial charge in [0.15, 0.2) is 0 Å². The van der Waals surface area contributed by atoms with Crippen LogP contribution in [0.5, 0.6) is 0 Å². The Morgan fingerprint density at radius 3 is 1.15 bits per heavy atom. The molecule has 6 heteroatoms. The number of nitrogens with zero attached hydrogens (tertiary/aromatic N) is 2. The molecule has 2 aromatic carbocycles. The maximum absolute atomic E-state index is 11.3. The lowest BCUT2D eigenvalue weighted by Crippen LogP contribution is -2.43. The maximum atomic E-state index is 11.3. The van der Waals surface area contributed by atoms with E-state index in [0.717, 1.165) is 11.3 Å². The molecule has 48 heavy (non-hydrogen) atoms. The third kappa shape index (κ3) is 9.57. The van der Waals surface area contributed by atoms with Gasteiger partial charge in [0.2, 0.25) is 0 Å². The van der Waals surface area contributed by atoms with E-state index in [4.69, 9.17) is 0 Å². The summed E-state index contributed by atoms with van der Waals surface area (Å²) in [6, 6.07) is 14.5. The molecule has 254 valence electrons. The van der Waals surface area contributed by atoms with E-state index in [-0.39, 0.29) is 5.69 Å². The lowest BCUT2D eigenvalue weighted by atomic mass is 10.1. The molecule has 0 heterocycles. The lowest BCUT2D eigenvalue weighted by molar-refractivity contribution is -0.384. The molecule has 0 spiro atoms. The van der Waals surface area contributed by atoms with Crippen LogP contribution in [0.4, 0.5) is 11.4 Å². The van der Waals surface area contributed by atoms with Crippen molar-refractivity contribution >= 4 is 27.5 Å². The van der Waals surface area contributed by atoms with Gasteiger partial charge in [0, 0.05) is 43.0 Å². The van der Waals surface area contributed by atoms with Crippen LogP contribution in [-0.4, -0.2) is 35.2 Å². The van der Waals surface area contributed by atoms with Crippen molar-refractivity contribution in [2.24, 2.45) is 0 Å². The molecule has 0 fully saturated rings. The number of allylic oxidation sites excluding steroid dienone is 2. The highest BCUT2D eigenvalue weighted by Gasteiger charge is 2.42. The number of nitro benzene ring substituents is 1. The fourth-order valence-corrected chi connectivity index (χ4v) is 17.7. The van der Waals surface area contributed by atoms with E-state index in [1.165, 1.54) is 12.1 Å². The van der Waals surface area contributed by atoms with Crippen LogP contribution in [-0.2, 0) is 0 Å². The monoisotopic (exact) mass is 676 g/mol. The van der Waals surface area contributed by atoms with Gasteiger partial charge in [0.25, 0.3) is 5.69 Å². The van der Waals surface area contributed by atoms with Crippen molar-refractivity contribution in [3.63, 3.8) is 0 Å². The van der Waals surface area contributed by atoms with Crippen molar-refractivity contribution in [3.8, 4) is 46.6 Å². The molecule has 0 saturated heterocycles. The minimum atomic E-state index is -2.11. The zero-order chi connectivity index (χ0) is 36.4. The van der Waals surface area contributed by atoms with Crippen LogP contribution in [0.15, 0.2) is 59.7 Å². The van der Waals surface area contributed by atoms with Crippen LogP contribution in [0, 0.1) is 56.7 Å². The summed E-state index contributed by atoms with van der Waals surface area (Å²) in [5.41, 5.74) is 14.5. The SMILES string of the molecule is CC(C)[Si](C#C/C(C#Cc1ccc(N(C)C)cc1)=C(\C#Cc1ccc([N+](=O)[O-])cc1)C#C[Si](C(C)C)(C(C)C)C(C)C)(C(C)C)C(C)C. The van der Waals surface area contributed by atoms with Crippen LogP contribution in [0.25, 0.3) is 0 Å². The van der Waals surface area contributed by atoms with Crippen LogP contribution < -0.4 is 4.90 Å². The van der Waals surface area contributed by atoms with Gasteiger partial charge in [0.05, 0.1) is 16.1 Å². The quantitative estimate of drug-likeness (QED) is 0.121. The first-order valence-electron chi connectivity index (χ1n) is 17.3. The Morgan fingerprint density at radius 2 is 0.875 bits per heavy atom. The standard InChI is InChI=1S/C42H56N2O2Si2/c1-31(2)47(32(3)4,33(5)6)29-27-39(21-15-37-17-23-41(24-18-37)43(13)14)40(22-16-38-19-25-42(26-20-38)44(45)46)28-30-48(34(7)8,35(9)10)36(11)12/h17-20,23-26,31-36H,1-14H3/b40-39+. The number of nitro groups is 1. The van der Waals surface area contributed by atoms with Gasteiger partial charge >= 0.3 is 0 Å². The predicted molar refractivity (Wildman–Crippen MR) is 212 cm³/mol. The molecule has 0 amide bonds. The summed E-state index contributed by atoms with van der Waals surface area (Å²) in [5, 5.41) is 11.3. The van der Waals surface area contributed by atoms with Crippen LogP contribution in [0.3, 0.4) is 0 Å². The van der Waals surface area contributed by atoms with Gasteiger partial charge in [-0.2, -0.15) is 0 Å². The van der Waals surface area contributed by atoms with E-state index < -0.39 is 21.1 Å². The lowest BCUT2D eigenvalue weighted by Gasteiger charge is -2.38. The first-order chi connectivity index (χ1) is 22.4. The van der Waals surface area contributed by atoms with Gasteiger partial charge in [-0.1, -0.05) is 119 Å². The van der Waals surface area contributed by atoms with Gasteiger partial charge < -0.3 is 4.90 Å². The molecule has 0 radical (unpaired) electrons. The van der Waals surface area contributed by atoms with Crippen LogP contribution in [0.1, 0.15) is 94.2 Å². The molecule has 0 bridgehead atoms. The highest BCUT2D eigenvalue weighted by molar-refractivity contribution is 6.91. The summed E-state index contributed by atoms with van der Waals surface area (Å²) in [7, 11) is -0.169. The van der Waals surface area contributed by atoms with Crippen LogP contribution >= 0.6 is 0 Å². The molecule has 2 rings (SSSR count). The second-order valence-corrected chi connectivity index (χ2v) is 25.9. The third-order valence-corrected chi connectivity index (χ3v) is 22.5. The molecule has 0 aliphatic rings. The smallest absolute Gasteiger partial charge is 0.269 e. The average molecular weight is 677 g/mol. The molecular formula is C42H56N2O2Si2. The van der Waals surface area contributed by atoms with E-state index in [1.54, 1.807) is 12.1 Å². The van der Waals surface area contributed by atoms with Crippen molar-refractivity contribution in [2.45, 2.75) is 116 Å². The van der Waals surface area contributed by atoms with Gasteiger partial charge in [-0.25, -0.2) is 0 Å². The van der Waals surface area contributed by atoms with Crippen molar-refractivity contribution in [1.29, 1.82) is 0 Å². The second kappa shape index (κ2) is 17.5. The fraction of sp³-hybridized carbons (Fsp3) is 0.476. The van der Waals surface area contributed by atoms with Crippen molar-refractivity contribution < 1.29 is 4.92 Å². The highest BCUT2D eigenvalue weighted by Crippen LogP contribution is 2.42. The van der Waals surface area contributed by atoms with Crippen LogP contribution in [0.2, 0.25) is 33.2 Å². The summed E-state index contributed by atoms with van der Waals surface area (Å²) < 4.78 is 0. The zero-order valence-corrected chi connectivity index (χ0v) is 33.8. The molecule has 0 aromatic heterocycles. The van der Waals surface area contributed by atoms with Crippen molar-refractivity contribution in [3.05, 3.63) is 80.9 Å². The molecule has 0 atom stereocenters. The minimum absolute atomic E-state index is 0.0350. The fourth-order valence-electron chi connectivity index (χ4n) is 7.30. The normalized spacial score (nSPS) is 12.1. The Morgan fingerprint density at radius 1 is 0.562 bits per heavy atom. The Hall–Kier alpha value is -3.95. The topological polar surface area (TPSA) is 46.4 Å². The Balaban J connectivity index is 3.10. The minimum Gasteiger partial charge on any atom is -0.378 e. The van der Waals surface area contributed by atoms with Crippen molar-refractivity contribution in [2.75, 3.05) is 19.0 Å². The molecule has 4 nitrogen and oxygen atoms in total. The maximum Gasteiger partial charge on any atom is 0.269 e. The molecule has 0 N–H and O–H groups in total. The summed E-state index contributed by atoms with van der Waals surface area (Å²) in [6.07, 6.45) is 0. The Kier molecular flexibility index (Phi) is 14.6. The summed E-state index contributed by atoms with van der Waals surface area (Å²) >= 11 is 0. The first-order valence-corrected chi connectivity index (χ1v) is 21.7. The zero-order valence-electron chi connectivity index (χ0n) is 31.8. The highest BCUT2D eigenvalue weighted by atomic mass is 28.3. The van der Waals surface area contributed by atoms with E-state index in [9.17, 15) is 10.1 Å². The molecule has 0 aliphatic heterocycles. The molecule has 2 aromatic rings. The second-order valence-electron chi connectivity index (χ2n) is 14.8. The average Bonchev–Trinajstić information content (AvgIpc) is 3.00. The Labute approximate surface area is 294 Å². The number of rotatable bonds is 8. The van der Waals surface area contributed by atoms with E-state index >= 15 is 0 Å². The van der Waals surface area contributed by atoms with Gasteiger partial charge in [-0.15, -0.1) is 11.1 Å². The number of hydrogen-bond acceptors (Lipinski definition) is 3. The van der Waals surface area contributed by atoms with Gasteiger partial charge in [-0.05, 0) is 69.6 Å². The molecule has 0 saturated carbocycles. The largest absolute Gasteiger partial charge is 0.378 e. The van der Waals surface area contributed by atoms with Gasteiger partial charge in [0.1, 0.15) is 16.1 Å². The number of benzene rings is 2.